The Labute approximate surface area is 103 Å². The predicted octanol–water partition coefficient (Wildman–Crippen LogP) is 1.78. The molecule has 86 valence electrons. The third-order valence-corrected chi connectivity index (χ3v) is 3.35. The monoisotopic (exact) mass is 283 g/mol. The molecule has 2 heterocycles. The number of nitrogens with one attached hydrogen (secondary N) is 2. The maximum atomic E-state index is 12.0. The van der Waals surface area contributed by atoms with Crippen LogP contribution >= 0.6 is 15.9 Å². The third-order valence-electron chi connectivity index (χ3n) is 2.89. The molecule has 1 atom stereocenters. The van der Waals surface area contributed by atoms with E-state index in [9.17, 15) is 4.79 Å². The number of rotatable bonds is 2. The van der Waals surface area contributed by atoms with Crippen molar-refractivity contribution >= 4 is 27.7 Å². The highest BCUT2D eigenvalue weighted by atomic mass is 79.9. The van der Waals surface area contributed by atoms with Crippen LogP contribution in [0.15, 0.2) is 22.8 Å². The minimum atomic E-state index is -0.311. The Morgan fingerprint density at radius 2 is 2.44 bits per heavy atom. The Kier molecular flexibility index (Phi) is 3.25. The van der Waals surface area contributed by atoms with Crippen molar-refractivity contribution in [3.63, 3.8) is 0 Å². The summed E-state index contributed by atoms with van der Waals surface area (Å²) in [6.45, 7) is 3.61. The Morgan fingerprint density at radius 1 is 1.62 bits per heavy atom. The van der Waals surface area contributed by atoms with Gasteiger partial charge in [-0.05, 0) is 48.0 Å². The normalized spacial score (nSPS) is 24.4. The van der Waals surface area contributed by atoms with Crippen LogP contribution in [0.5, 0.6) is 0 Å². The quantitative estimate of drug-likeness (QED) is 0.870. The zero-order chi connectivity index (χ0) is 11.6. The lowest BCUT2D eigenvalue weighted by atomic mass is 9.89. The molecule has 4 nitrogen and oxygen atoms in total. The van der Waals surface area contributed by atoms with Gasteiger partial charge in [0.15, 0.2) is 0 Å². The summed E-state index contributed by atoms with van der Waals surface area (Å²) in [6.07, 6.45) is 2.54. The molecule has 16 heavy (non-hydrogen) atoms. The van der Waals surface area contributed by atoms with Crippen LogP contribution in [0, 0.1) is 5.41 Å². The highest BCUT2D eigenvalue weighted by molar-refractivity contribution is 9.10. The van der Waals surface area contributed by atoms with E-state index in [0.717, 1.165) is 24.0 Å². The lowest BCUT2D eigenvalue weighted by Crippen LogP contribution is -2.35. The molecule has 1 amide bonds. The highest BCUT2D eigenvalue weighted by Gasteiger charge is 2.36. The summed E-state index contributed by atoms with van der Waals surface area (Å²) in [4.78, 5) is 16.1. The van der Waals surface area contributed by atoms with Gasteiger partial charge < -0.3 is 10.6 Å². The zero-order valence-electron chi connectivity index (χ0n) is 9.09. The van der Waals surface area contributed by atoms with E-state index < -0.39 is 0 Å². The number of carbonyl (C=O) groups is 1. The number of anilines is 1. The van der Waals surface area contributed by atoms with Crippen molar-refractivity contribution in [2.24, 2.45) is 5.41 Å². The number of carbonyl (C=O) groups excluding carboxylic acids is 1. The molecular weight excluding hydrogens is 270 g/mol. The van der Waals surface area contributed by atoms with E-state index in [2.05, 4.69) is 31.5 Å². The molecule has 1 aromatic rings. The van der Waals surface area contributed by atoms with Crippen LogP contribution in [-0.4, -0.2) is 24.0 Å². The molecule has 0 radical (unpaired) electrons. The van der Waals surface area contributed by atoms with E-state index in [1.807, 2.05) is 13.0 Å². The molecule has 1 aliphatic rings. The highest BCUT2D eigenvalue weighted by Crippen LogP contribution is 2.26. The fourth-order valence-electron chi connectivity index (χ4n) is 1.73. The maximum Gasteiger partial charge on any atom is 0.232 e. The molecule has 0 aliphatic carbocycles. The second kappa shape index (κ2) is 4.51. The maximum absolute atomic E-state index is 12.0. The van der Waals surface area contributed by atoms with E-state index in [4.69, 9.17) is 0 Å². The van der Waals surface area contributed by atoms with E-state index in [0.29, 0.717) is 5.82 Å². The van der Waals surface area contributed by atoms with Gasteiger partial charge in [0.1, 0.15) is 5.82 Å². The summed E-state index contributed by atoms with van der Waals surface area (Å²) in [5, 5.41) is 6.04. The number of amides is 1. The minimum Gasteiger partial charge on any atom is -0.316 e. The van der Waals surface area contributed by atoms with Crippen molar-refractivity contribution in [2.75, 3.05) is 18.4 Å². The van der Waals surface area contributed by atoms with Crippen LogP contribution in [0.1, 0.15) is 13.3 Å². The standard InChI is InChI=1S/C11H14BrN3O/c1-11(4-5-13-7-11)10(16)15-9-3-2-8(12)6-14-9/h2-3,6,13H,4-5,7H2,1H3,(H,14,15,16). The molecule has 1 unspecified atom stereocenters. The summed E-state index contributed by atoms with van der Waals surface area (Å²) in [6, 6.07) is 3.64. The SMILES string of the molecule is CC1(C(=O)Nc2ccc(Br)cn2)CCNC1. The molecule has 1 fully saturated rings. The van der Waals surface area contributed by atoms with Gasteiger partial charge in [0, 0.05) is 17.2 Å². The lowest BCUT2D eigenvalue weighted by Gasteiger charge is -2.20. The van der Waals surface area contributed by atoms with E-state index >= 15 is 0 Å². The first kappa shape index (κ1) is 11.5. The van der Waals surface area contributed by atoms with Gasteiger partial charge in [-0.3, -0.25) is 4.79 Å². The first-order valence-corrected chi connectivity index (χ1v) is 6.03. The largest absolute Gasteiger partial charge is 0.316 e. The Balaban J connectivity index is 2.04. The molecule has 1 saturated heterocycles. The Bertz CT molecular complexity index is 385. The summed E-state index contributed by atoms with van der Waals surface area (Å²) in [5.74, 6) is 0.633. The molecule has 1 aromatic heterocycles. The van der Waals surface area contributed by atoms with E-state index in [-0.39, 0.29) is 11.3 Å². The topological polar surface area (TPSA) is 54.0 Å². The van der Waals surface area contributed by atoms with Crippen molar-refractivity contribution < 1.29 is 4.79 Å². The number of aromatic nitrogens is 1. The molecular formula is C11H14BrN3O. The van der Waals surface area contributed by atoms with E-state index in [1.165, 1.54) is 0 Å². The van der Waals surface area contributed by atoms with Gasteiger partial charge in [-0.1, -0.05) is 0 Å². The van der Waals surface area contributed by atoms with Crippen molar-refractivity contribution in [3.8, 4) is 0 Å². The fourth-order valence-corrected chi connectivity index (χ4v) is 1.96. The average Bonchev–Trinajstić information content (AvgIpc) is 2.70. The second-order valence-corrected chi connectivity index (χ2v) is 5.22. The number of hydrogen-bond donors (Lipinski definition) is 2. The predicted molar refractivity (Wildman–Crippen MR) is 66.2 cm³/mol. The summed E-state index contributed by atoms with van der Waals surface area (Å²) in [7, 11) is 0. The second-order valence-electron chi connectivity index (χ2n) is 4.30. The fraction of sp³-hybridized carbons (Fsp3) is 0.455. The van der Waals surface area contributed by atoms with Gasteiger partial charge in [0.25, 0.3) is 0 Å². The number of halogens is 1. The van der Waals surface area contributed by atoms with Crippen LogP contribution in [0.25, 0.3) is 0 Å². The Hall–Kier alpha value is -0.940. The number of hydrogen-bond acceptors (Lipinski definition) is 3. The molecule has 5 heteroatoms. The zero-order valence-corrected chi connectivity index (χ0v) is 10.7. The number of nitrogens with zero attached hydrogens (tertiary/aromatic N) is 1. The summed E-state index contributed by atoms with van der Waals surface area (Å²) in [5.41, 5.74) is -0.311. The van der Waals surface area contributed by atoms with Crippen LogP contribution in [0.3, 0.4) is 0 Å². The molecule has 2 N–H and O–H groups in total. The first-order valence-electron chi connectivity index (χ1n) is 5.24. The van der Waals surface area contributed by atoms with Gasteiger partial charge in [0.05, 0.1) is 5.41 Å². The van der Waals surface area contributed by atoms with Gasteiger partial charge in [-0.2, -0.15) is 0 Å². The van der Waals surface area contributed by atoms with Crippen LogP contribution in [-0.2, 0) is 4.79 Å². The Morgan fingerprint density at radius 3 is 3.00 bits per heavy atom. The molecule has 0 saturated carbocycles. The van der Waals surface area contributed by atoms with Gasteiger partial charge >= 0.3 is 0 Å². The molecule has 0 spiro atoms. The van der Waals surface area contributed by atoms with Crippen molar-refractivity contribution in [1.82, 2.24) is 10.3 Å². The summed E-state index contributed by atoms with van der Waals surface area (Å²) >= 11 is 3.30. The van der Waals surface area contributed by atoms with Gasteiger partial charge in [0.2, 0.25) is 5.91 Å². The lowest BCUT2D eigenvalue weighted by molar-refractivity contribution is -0.123. The summed E-state index contributed by atoms with van der Waals surface area (Å²) < 4.78 is 0.902. The van der Waals surface area contributed by atoms with Crippen molar-refractivity contribution in [3.05, 3.63) is 22.8 Å². The first-order chi connectivity index (χ1) is 7.60. The minimum absolute atomic E-state index is 0.0346. The number of pyridine rings is 1. The smallest absolute Gasteiger partial charge is 0.232 e. The molecule has 1 aliphatic heterocycles. The third kappa shape index (κ3) is 2.41. The molecule has 2 rings (SSSR count). The van der Waals surface area contributed by atoms with Crippen molar-refractivity contribution in [2.45, 2.75) is 13.3 Å². The molecule has 0 aromatic carbocycles. The van der Waals surface area contributed by atoms with Crippen LogP contribution in [0.4, 0.5) is 5.82 Å². The van der Waals surface area contributed by atoms with Gasteiger partial charge in [-0.25, -0.2) is 4.98 Å². The van der Waals surface area contributed by atoms with Crippen molar-refractivity contribution in [1.29, 1.82) is 0 Å². The molecule has 0 bridgehead atoms. The van der Waals surface area contributed by atoms with Gasteiger partial charge in [-0.15, -0.1) is 0 Å². The average molecular weight is 284 g/mol. The van der Waals surface area contributed by atoms with Crippen LogP contribution in [0.2, 0.25) is 0 Å². The van der Waals surface area contributed by atoms with E-state index in [1.54, 1.807) is 12.3 Å². The van der Waals surface area contributed by atoms with Crippen LogP contribution < -0.4 is 10.6 Å².